The molecule has 0 atom stereocenters. The fourth-order valence-corrected chi connectivity index (χ4v) is 2.53. The Morgan fingerprint density at radius 2 is 1.86 bits per heavy atom. The molecule has 0 aromatic heterocycles. The summed E-state index contributed by atoms with van der Waals surface area (Å²) in [7, 11) is 0. The predicted octanol–water partition coefficient (Wildman–Crippen LogP) is 2.89. The van der Waals surface area contributed by atoms with Crippen molar-refractivity contribution in [2.75, 3.05) is 18.4 Å². The highest BCUT2D eigenvalue weighted by molar-refractivity contribution is 6.03. The van der Waals surface area contributed by atoms with Crippen molar-refractivity contribution in [3.8, 4) is 0 Å². The molecule has 4 nitrogen and oxygen atoms in total. The van der Waals surface area contributed by atoms with Gasteiger partial charge in [0.15, 0.2) is 0 Å². The van der Waals surface area contributed by atoms with Crippen LogP contribution >= 0.6 is 0 Å². The van der Waals surface area contributed by atoms with Crippen molar-refractivity contribution < 1.29 is 9.59 Å². The van der Waals surface area contributed by atoms with Crippen LogP contribution in [-0.4, -0.2) is 29.8 Å². The van der Waals surface area contributed by atoms with Crippen molar-refractivity contribution in [3.05, 3.63) is 29.3 Å². The van der Waals surface area contributed by atoms with Crippen molar-refractivity contribution >= 4 is 17.5 Å². The Labute approximate surface area is 126 Å². The summed E-state index contributed by atoms with van der Waals surface area (Å²) in [5, 5.41) is 2.80. The number of piperidine rings is 1. The molecule has 114 valence electrons. The molecule has 1 aliphatic rings. The summed E-state index contributed by atoms with van der Waals surface area (Å²) in [6, 6.07) is 5.77. The van der Waals surface area contributed by atoms with Gasteiger partial charge in [-0.05, 0) is 55.9 Å². The first-order valence-corrected chi connectivity index (χ1v) is 7.60. The van der Waals surface area contributed by atoms with Crippen LogP contribution < -0.4 is 5.32 Å². The number of carbonyl (C=O) groups is 2. The van der Waals surface area contributed by atoms with E-state index >= 15 is 0 Å². The summed E-state index contributed by atoms with van der Waals surface area (Å²) in [6.07, 6.45) is 2.00. The van der Waals surface area contributed by atoms with Crippen molar-refractivity contribution in [2.24, 2.45) is 5.92 Å². The lowest BCUT2D eigenvalue weighted by Gasteiger charge is -2.30. The fraction of sp³-hybridized carbons (Fsp3) is 0.529. The summed E-state index contributed by atoms with van der Waals surface area (Å²) in [5.41, 5.74) is 3.07. The number of likely N-dealkylation sites (tertiary alicyclic amines) is 1. The minimum atomic E-state index is -0.234. The summed E-state index contributed by atoms with van der Waals surface area (Å²) in [4.78, 5) is 25.9. The third kappa shape index (κ3) is 4.31. The van der Waals surface area contributed by atoms with E-state index in [0.29, 0.717) is 5.92 Å². The molecular weight excluding hydrogens is 264 g/mol. The van der Waals surface area contributed by atoms with Crippen LogP contribution in [0.2, 0.25) is 0 Å². The zero-order valence-electron chi connectivity index (χ0n) is 13.1. The van der Waals surface area contributed by atoms with Gasteiger partial charge in [-0.3, -0.25) is 9.59 Å². The Bertz CT molecular complexity index is 532. The fourth-order valence-electron chi connectivity index (χ4n) is 2.53. The van der Waals surface area contributed by atoms with E-state index in [1.807, 2.05) is 32.0 Å². The molecule has 0 saturated carbocycles. The van der Waals surface area contributed by atoms with Gasteiger partial charge in [-0.15, -0.1) is 0 Å². The molecule has 0 aliphatic carbocycles. The highest BCUT2D eigenvalue weighted by Gasteiger charge is 2.22. The molecule has 4 heteroatoms. The monoisotopic (exact) mass is 288 g/mol. The van der Waals surface area contributed by atoms with Gasteiger partial charge in [0.2, 0.25) is 11.8 Å². The van der Waals surface area contributed by atoms with E-state index < -0.39 is 0 Å². The van der Waals surface area contributed by atoms with E-state index in [4.69, 9.17) is 0 Å². The second-order valence-corrected chi connectivity index (χ2v) is 6.09. The molecule has 2 rings (SSSR count). The number of anilines is 1. The third-order valence-corrected chi connectivity index (χ3v) is 4.24. The molecule has 1 fully saturated rings. The van der Waals surface area contributed by atoms with Crippen molar-refractivity contribution in [1.29, 1.82) is 0 Å². The smallest absolute Gasteiger partial charge is 0.233 e. The highest BCUT2D eigenvalue weighted by Crippen LogP contribution is 2.17. The van der Waals surface area contributed by atoms with Crippen molar-refractivity contribution in [3.63, 3.8) is 0 Å². The van der Waals surface area contributed by atoms with Gasteiger partial charge in [-0.25, -0.2) is 0 Å². The summed E-state index contributed by atoms with van der Waals surface area (Å²) >= 11 is 0. The number of benzene rings is 1. The summed E-state index contributed by atoms with van der Waals surface area (Å²) in [6.45, 7) is 7.79. The molecule has 2 amide bonds. The first kappa shape index (κ1) is 15.5. The molecule has 0 bridgehead atoms. The molecule has 1 aliphatic heterocycles. The number of aryl methyl sites for hydroxylation is 2. The number of nitrogens with one attached hydrogen (secondary N) is 1. The quantitative estimate of drug-likeness (QED) is 0.869. The summed E-state index contributed by atoms with van der Waals surface area (Å²) < 4.78 is 0. The molecule has 21 heavy (non-hydrogen) atoms. The first-order chi connectivity index (χ1) is 9.95. The second kappa shape index (κ2) is 6.74. The standard InChI is InChI=1S/C17H24N2O2/c1-12-6-8-19(9-7-12)17(21)11-16(20)18-15-5-4-13(2)14(3)10-15/h4-5,10,12H,6-9,11H2,1-3H3,(H,18,20). The Morgan fingerprint density at radius 3 is 2.48 bits per heavy atom. The molecule has 1 heterocycles. The Kier molecular flexibility index (Phi) is 4.99. The molecular formula is C17H24N2O2. The van der Waals surface area contributed by atoms with E-state index in [9.17, 15) is 9.59 Å². The van der Waals surface area contributed by atoms with Crippen LogP contribution in [0.4, 0.5) is 5.69 Å². The predicted molar refractivity (Wildman–Crippen MR) is 84.1 cm³/mol. The molecule has 1 N–H and O–H groups in total. The maximum Gasteiger partial charge on any atom is 0.233 e. The first-order valence-electron chi connectivity index (χ1n) is 7.60. The van der Waals surface area contributed by atoms with E-state index in [0.717, 1.165) is 37.2 Å². The van der Waals surface area contributed by atoms with E-state index in [-0.39, 0.29) is 18.2 Å². The molecule has 1 saturated heterocycles. The van der Waals surface area contributed by atoms with Crippen LogP contribution in [-0.2, 0) is 9.59 Å². The molecule has 1 aromatic carbocycles. The van der Waals surface area contributed by atoms with Gasteiger partial charge >= 0.3 is 0 Å². The van der Waals surface area contributed by atoms with Gasteiger partial charge in [0.1, 0.15) is 6.42 Å². The van der Waals surface area contributed by atoms with Gasteiger partial charge < -0.3 is 10.2 Å². The van der Waals surface area contributed by atoms with Crippen LogP contribution in [0.3, 0.4) is 0 Å². The van der Waals surface area contributed by atoms with Crippen molar-refractivity contribution in [1.82, 2.24) is 4.90 Å². The average Bonchev–Trinajstić information content (AvgIpc) is 2.43. The number of hydrogen-bond acceptors (Lipinski definition) is 2. The van der Waals surface area contributed by atoms with Gasteiger partial charge in [-0.1, -0.05) is 13.0 Å². The Morgan fingerprint density at radius 1 is 1.19 bits per heavy atom. The SMILES string of the molecule is Cc1ccc(NC(=O)CC(=O)N2CCC(C)CC2)cc1C. The minimum absolute atomic E-state index is 0.0665. The van der Waals surface area contributed by atoms with Crippen LogP contribution in [0.15, 0.2) is 18.2 Å². The normalized spacial score (nSPS) is 15.9. The highest BCUT2D eigenvalue weighted by atomic mass is 16.2. The molecule has 1 aromatic rings. The van der Waals surface area contributed by atoms with E-state index in [1.165, 1.54) is 5.56 Å². The molecule has 0 unspecified atom stereocenters. The zero-order valence-corrected chi connectivity index (χ0v) is 13.1. The van der Waals surface area contributed by atoms with Crippen LogP contribution in [0.25, 0.3) is 0 Å². The van der Waals surface area contributed by atoms with Gasteiger partial charge in [0.25, 0.3) is 0 Å². The van der Waals surface area contributed by atoms with Crippen molar-refractivity contribution in [2.45, 2.75) is 40.0 Å². The maximum atomic E-state index is 12.1. The number of rotatable bonds is 3. The number of hydrogen-bond donors (Lipinski definition) is 1. The lowest BCUT2D eigenvalue weighted by atomic mass is 9.99. The van der Waals surface area contributed by atoms with Crippen LogP contribution in [0.1, 0.15) is 37.3 Å². The topological polar surface area (TPSA) is 49.4 Å². The Balaban J connectivity index is 1.86. The summed E-state index contributed by atoms with van der Waals surface area (Å²) in [5.74, 6) is 0.378. The second-order valence-electron chi connectivity index (χ2n) is 6.09. The van der Waals surface area contributed by atoms with Crippen LogP contribution in [0, 0.1) is 19.8 Å². The zero-order chi connectivity index (χ0) is 15.4. The van der Waals surface area contributed by atoms with E-state index in [2.05, 4.69) is 12.2 Å². The maximum absolute atomic E-state index is 12.1. The minimum Gasteiger partial charge on any atom is -0.342 e. The third-order valence-electron chi connectivity index (χ3n) is 4.24. The Hall–Kier alpha value is -1.84. The van der Waals surface area contributed by atoms with Gasteiger partial charge in [0, 0.05) is 18.8 Å². The van der Waals surface area contributed by atoms with E-state index in [1.54, 1.807) is 4.90 Å². The lowest BCUT2D eigenvalue weighted by molar-refractivity contribution is -0.135. The number of carbonyl (C=O) groups excluding carboxylic acids is 2. The van der Waals surface area contributed by atoms with Gasteiger partial charge in [-0.2, -0.15) is 0 Å². The lowest BCUT2D eigenvalue weighted by Crippen LogP contribution is -2.39. The largest absolute Gasteiger partial charge is 0.342 e. The number of amides is 2. The van der Waals surface area contributed by atoms with Crippen LogP contribution in [0.5, 0.6) is 0 Å². The number of nitrogens with zero attached hydrogens (tertiary/aromatic N) is 1. The van der Waals surface area contributed by atoms with Gasteiger partial charge in [0.05, 0.1) is 0 Å². The average molecular weight is 288 g/mol. The molecule has 0 spiro atoms. The molecule has 0 radical (unpaired) electrons.